The first-order valence-corrected chi connectivity index (χ1v) is 13.0. The quantitative estimate of drug-likeness (QED) is 0.421. The van der Waals surface area contributed by atoms with Crippen LogP contribution in [0.2, 0.25) is 0 Å². The van der Waals surface area contributed by atoms with Gasteiger partial charge in [-0.25, -0.2) is 8.42 Å². The SMILES string of the molecule is CCN(CC)C(=O)c1ccccc1NC(=O)CN(c1cccc(Br)c1)S(=O)(=O)c1ccccc1. The second kappa shape index (κ2) is 11.3. The minimum Gasteiger partial charge on any atom is -0.339 e. The van der Waals surface area contributed by atoms with E-state index in [1.165, 1.54) is 12.1 Å². The van der Waals surface area contributed by atoms with Crippen LogP contribution in [-0.2, 0) is 14.8 Å². The number of benzene rings is 3. The third-order valence-corrected chi connectivity index (χ3v) is 7.48. The molecule has 0 saturated carbocycles. The van der Waals surface area contributed by atoms with Gasteiger partial charge >= 0.3 is 0 Å². The van der Waals surface area contributed by atoms with Crippen LogP contribution in [0.4, 0.5) is 11.4 Å². The second-order valence-electron chi connectivity index (χ2n) is 7.38. The monoisotopic (exact) mass is 543 g/mol. The molecule has 0 heterocycles. The van der Waals surface area contributed by atoms with Crippen molar-refractivity contribution in [3.8, 4) is 0 Å². The van der Waals surface area contributed by atoms with Crippen molar-refractivity contribution in [2.75, 3.05) is 29.3 Å². The van der Waals surface area contributed by atoms with Crippen molar-refractivity contribution >= 4 is 49.1 Å². The summed E-state index contributed by atoms with van der Waals surface area (Å²) in [7, 11) is -4.03. The lowest BCUT2D eigenvalue weighted by atomic mass is 10.1. The van der Waals surface area contributed by atoms with Crippen molar-refractivity contribution in [3.05, 3.63) is 88.9 Å². The average Bonchev–Trinajstić information content (AvgIpc) is 2.84. The van der Waals surface area contributed by atoms with Crippen LogP contribution in [0.5, 0.6) is 0 Å². The highest BCUT2D eigenvalue weighted by Gasteiger charge is 2.28. The van der Waals surface area contributed by atoms with Gasteiger partial charge in [-0.2, -0.15) is 0 Å². The Bertz CT molecular complexity index is 1260. The van der Waals surface area contributed by atoms with Crippen molar-refractivity contribution in [2.24, 2.45) is 0 Å². The number of nitrogens with one attached hydrogen (secondary N) is 1. The van der Waals surface area contributed by atoms with Gasteiger partial charge in [0, 0.05) is 17.6 Å². The minimum absolute atomic E-state index is 0.0693. The summed E-state index contributed by atoms with van der Waals surface area (Å²) in [6.07, 6.45) is 0. The van der Waals surface area contributed by atoms with E-state index in [0.29, 0.717) is 34.5 Å². The van der Waals surface area contributed by atoms with Gasteiger partial charge in [0.2, 0.25) is 5.91 Å². The number of hydrogen-bond donors (Lipinski definition) is 1. The van der Waals surface area contributed by atoms with Gasteiger partial charge in [0.25, 0.3) is 15.9 Å². The molecule has 0 aliphatic carbocycles. The molecule has 0 bridgehead atoms. The molecule has 0 fully saturated rings. The predicted molar refractivity (Wildman–Crippen MR) is 137 cm³/mol. The van der Waals surface area contributed by atoms with E-state index in [1.54, 1.807) is 71.6 Å². The number of amides is 2. The molecule has 3 aromatic carbocycles. The third kappa shape index (κ3) is 5.84. The zero-order chi connectivity index (χ0) is 24.7. The molecule has 0 atom stereocenters. The fourth-order valence-corrected chi connectivity index (χ4v) is 5.27. The fourth-order valence-electron chi connectivity index (χ4n) is 3.45. The first-order valence-electron chi connectivity index (χ1n) is 10.8. The molecule has 9 heteroatoms. The Balaban J connectivity index is 1.93. The number of carbonyl (C=O) groups excluding carboxylic acids is 2. The normalized spacial score (nSPS) is 11.0. The number of anilines is 2. The summed E-state index contributed by atoms with van der Waals surface area (Å²) in [5.74, 6) is -0.777. The standard InChI is InChI=1S/C25H26BrN3O4S/c1-3-28(4-2)25(31)22-15-8-9-16-23(22)27-24(30)18-29(20-12-10-11-19(26)17-20)34(32,33)21-13-6-5-7-14-21/h5-17H,3-4,18H2,1-2H3,(H,27,30). The number of carbonyl (C=O) groups is 2. The lowest BCUT2D eigenvalue weighted by molar-refractivity contribution is -0.114. The van der Waals surface area contributed by atoms with E-state index >= 15 is 0 Å². The molecular weight excluding hydrogens is 518 g/mol. The number of nitrogens with zero attached hydrogens (tertiary/aromatic N) is 2. The summed E-state index contributed by atoms with van der Waals surface area (Å²) in [4.78, 5) is 27.7. The molecule has 0 unspecified atom stereocenters. The maximum absolute atomic E-state index is 13.4. The summed E-state index contributed by atoms with van der Waals surface area (Å²) in [5, 5.41) is 2.73. The van der Waals surface area contributed by atoms with Gasteiger partial charge in [-0.3, -0.25) is 13.9 Å². The summed E-state index contributed by atoms with van der Waals surface area (Å²) in [5.41, 5.74) is 1.01. The number of halogens is 1. The maximum atomic E-state index is 13.4. The first-order chi connectivity index (χ1) is 16.3. The van der Waals surface area contributed by atoms with Gasteiger partial charge < -0.3 is 10.2 Å². The van der Waals surface area contributed by atoms with Crippen LogP contribution in [-0.4, -0.2) is 44.8 Å². The molecular formula is C25H26BrN3O4S. The number of sulfonamides is 1. The third-order valence-electron chi connectivity index (χ3n) is 5.20. The van der Waals surface area contributed by atoms with E-state index in [9.17, 15) is 18.0 Å². The Morgan fingerprint density at radius 1 is 0.882 bits per heavy atom. The van der Waals surface area contributed by atoms with Crippen LogP contribution in [0.1, 0.15) is 24.2 Å². The molecule has 0 aliphatic rings. The predicted octanol–water partition coefficient (Wildman–Crippen LogP) is 4.77. The molecule has 7 nitrogen and oxygen atoms in total. The fraction of sp³-hybridized carbons (Fsp3) is 0.200. The highest BCUT2D eigenvalue weighted by molar-refractivity contribution is 9.10. The van der Waals surface area contributed by atoms with Crippen molar-refractivity contribution in [1.82, 2.24) is 4.90 Å². The minimum atomic E-state index is -4.03. The van der Waals surface area contributed by atoms with Crippen LogP contribution in [0, 0.1) is 0 Å². The first kappa shape index (κ1) is 25.5. The largest absolute Gasteiger partial charge is 0.339 e. The molecule has 0 radical (unpaired) electrons. The van der Waals surface area contributed by atoms with E-state index in [1.807, 2.05) is 13.8 Å². The maximum Gasteiger partial charge on any atom is 0.264 e. The van der Waals surface area contributed by atoms with Crippen molar-refractivity contribution in [3.63, 3.8) is 0 Å². The smallest absolute Gasteiger partial charge is 0.264 e. The van der Waals surface area contributed by atoms with Crippen LogP contribution in [0.25, 0.3) is 0 Å². The Morgan fingerprint density at radius 2 is 1.53 bits per heavy atom. The zero-order valence-corrected chi connectivity index (χ0v) is 21.3. The summed E-state index contributed by atoms with van der Waals surface area (Å²) >= 11 is 3.36. The van der Waals surface area contributed by atoms with Gasteiger partial charge in [0.15, 0.2) is 0 Å². The number of para-hydroxylation sites is 1. The van der Waals surface area contributed by atoms with Gasteiger partial charge in [-0.05, 0) is 56.3 Å². The van der Waals surface area contributed by atoms with Crippen LogP contribution in [0.15, 0.2) is 88.2 Å². The van der Waals surface area contributed by atoms with Gasteiger partial charge in [0.1, 0.15) is 6.54 Å². The number of rotatable bonds is 9. The molecule has 3 aromatic rings. The van der Waals surface area contributed by atoms with Gasteiger partial charge in [0.05, 0.1) is 21.8 Å². The molecule has 0 spiro atoms. The van der Waals surface area contributed by atoms with Crippen molar-refractivity contribution in [1.29, 1.82) is 0 Å². The summed E-state index contributed by atoms with van der Waals surface area (Å²) in [6.45, 7) is 4.36. The van der Waals surface area contributed by atoms with E-state index in [0.717, 1.165) is 4.31 Å². The Morgan fingerprint density at radius 3 is 2.18 bits per heavy atom. The molecule has 2 amide bonds. The molecule has 3 rings (SSSR count). The average molecular weight is 544 g/mol. The Kier molecular flexibility index (Phi) is 8.46. The van der Waals surface area contributed by atoms with E-state index in [2.05, 4.69) is 21.2 Å². The molecule has 0 saturated heterocycles. The molecule has 178 valence electrons. The zero-order valence-electron chi connectivity index (χ0n) is 18.9. The highest BCUT2D eigenvalue weighted by Crippen LogP contribution is 2.26. The Labute approximate surface area is 208 Å². The van der Waals surface area contributed by atoms with E-state index in [-0.39, 0.29) is 10.8 Å². The number of hydrogen-bond acceptors (Lipinski definition) is 4. The molecule has 1 N–H and O–H groups in total. The topological polar surface area (TPSA) is 86.8 Å². The lowest BCUT2D eigenvalue weighted by Crippen LogP contribution is -2.38. The second-order valence-corrected chi connectivity index (χ2v) is 10.2. The van der Waals surface area contributed by atoms with Gasteiger partial charge in [-0.1, -0.05) is 52.3 Å². The summed E-state index contributed by atoms with van der Waals surface area (Å²) in [6, 6.07) is 21.4. The Hall–Kier alpha value is -3.17. The van der Waals surface area contributed by atoms with Crippen molar-refractivity contribution < 1.29 is 18.0 Å². The van der Waals surface area contributed by atoms with E-state index in [4.69, 9.17) is 0 Å². The molecule has 0 aliphatic heterocycles. The van der Waals surface area contributed by atoms with Crippen LogP contribution < -0.4 is 9.62 Å². The van der Waals surface area contributed by atoms with Crippen LogP contribution in [0.3, 0.4) is 0 Å². The van der Waals surface area contributed by atoms with Gasteiger partial charge in [-0.15, -0.1) is 0 Å². The summed E-state index contributed by atoms with van der Waals surface area (Å²) < 4.78 is 28.6. The van der Waals surface area contributed by atoms with Crippen LogP contribution >= 0.6 is 15.9 Å². The molecule has 34 heavy (non-hydrogen) atoms. The molecule has 0 aromatic heterocycles. The van der Waals surface area contributed by atoms with Crippen molar-refractivity contribution in [2.45, 2.75) is 18.7 Å². The lowest BCUT2D eigenvalue weighted by Gasteiger charge is -2.25. The highest BCUT2D eigenvalue weighted by atomic mass is 79.9. The van der Waals surface area contributed by atoms with E-state index < -0.39 is 22.5 Å².